The van der Waals surface area contributed by atoms with Crippen LogP contribution in [0.25, 0.3) is 0 Å². The number of nitrogens with one attached hydrogen (secondary N) is 1. The van der Waals surface area contributed by atoms with Crippen LogP contribution in [0.5, 0.6) is 5.75 Å². The predicted molar refractivity (Wildman–Crippen MR) is 82.5 cm³/mol. The number of nitro benzene ring substituents is 2. The highest BCUT2D eigenvalue weighted by Crippen LogP contribution is 2.33. The van der Waals surface area contributed by atoms with Crippen LogP contribution in [-0.4, -0.2) is 21.1 Å². The lowest BCUT2D eigenvalue weighted by Gasteiger charge is -2.11. The number of nitro groups is 2. The fourth-order valence-corrected chi connectivity index (χ4v) is 1.84. The molecule has 0 aromatic heterocycles. The molecule has 0 unspecified atom stereocenters. The Hall–Kier alpha value is -3.89. The molecule has 0 saturated heterocycles. The number of nitrogens with two attached hydrogens (primary N) is 1. The first-order valence-electron chi connectivity index (χ1n) is 6.28. The lowest BCUT2D eigenvalue weighted by molar-refractivity contribution is -0.384. The molecular formula is C13H10N4O7. The van der Waals surface area contributed by atoms with Gasteiger partial charge < -0.3 is 20.9 Å². The Balaban J connectivity index is 2.41. The molecule has 11 heteroatoms. The number of hydrogen-bond acceptors (Lipinski definition) is 8. The van der Waals surface area contributed by atoms with Crippen LogP contribution < -0.4 is 15.8 Å². The van der Waals surface area contributed by atoms with Gasteiger partial charge in [0.2, 0.25) is 0 Å². The largest absolute Gasteiger partial charge is 0.511 e. The molecule has 0 atom stereocenters. The molecule has 0 aliphatic carbocycles. The summed E-state index contributed by atoms with van der Waals surface area (Å²) in [7, 11) is 0. The zero-order valence-corrected chi connectivity index (χ0v) is 11.8. The quantitative estimate of drug-likeness (QED) is 0.244. The highest BCUT2D eigenvalue weighted by Gasteiger charge is 2.17. The number of anilines is 3. The van der Waals surface area contributed by atoms with Gasteiger partial charge in [-0.1, -0.05) is 0 Å². The van der Waals surface area contributed by atoms with Gasteiger partial charge in [-0.25, -0.2) is 4.79 Å². The van der Waals surface area contributed by atoms with Gasteiger partial charge in [-0.15, -0.1) is 0 Å². The number of hydrogen-bond donors (Lipinski definition) is 3. The summed E-state index contributed by atoms with van der Waals surface area (Å²) in [5.74, 6) is -0.323. The van der Waals surface area contributed by atoms with Crippen LogP contribution >= 0.6 is 0 Å². The molecule has 0 fully saturated rings. The van der Waals surface area contributed by atoms with Crippen molar-refractivity contribution in [3.8, 4) is 5.75 Å². The van der Waals surface area contributed by atoms with E-state index in [4.69, 9.17) is 10.8 Å². The molecule has 24 heavy (non-hydrogen) atoms. The molecule has 2 rings (SSSR count). The first-order valence-corrected chi connectivity index (χ1v) is 6.28. The summed E-state index contributed by atoms with van der Waals surface area (Å²) in [4.78, 5) is 31.0. The van der Waals surface area contributed by atoms with Crippen LogP contribution in [0.15, 0.2) is 36.4 Å². The third-order valence-electron chi connectivity index (χ3n) is 2.88. The molecular weight excluding hydrogens is 324 g/mol. The molecule has 0 aliphatic rings. The summed E-state index contributed by atoms with van der Waals surface area (Å²) in [6.07, 6.45) is -1.66. The molecule has 0 heterocycles. The van der Waals surface area contributed by atoms with E-state index in [9.17, 15) is 25.0 Å². The molecule has 0 radical (unpaired) electrons. The van der Waals surface area contributed by atoms with Crippen LogP contribution in [0.2, 0.25) is 0 Å². The number of carbonyl (C=O) groups is 1. The van der Waals surface area contributed by atoms with E-state index in [1.165, 1.54) is 18.2 Å². The maximum atomic E-state index is 10.9. The van der Waals surface area contributed by atoms with Crippen molar-refractivity contribution in [3.05, 3.63) is 56.6 Å². The average Bonchev–Trinajstić information content (AvgIpc) is 2.49. The third-order valence-corrected chi connectivity index (χ3v) is 2.88. The Kier molecular flexibility index (Phi) is 4.45. The van der Waals surface area contributed by atoms with E-state index in [0.717, 1.165) is 18.2 Å². The Labute approximate surface area is 133 Å². The van der Waals surface area contributed by atoms with E-state index in [0.29, 0.717) is 0 Å². The van der Waals surface area contributed by atoms with E-state index >= 15 is 0 Å². The summed E-state index contributed by atoms with van der Waals surface area (Å²) in [5, 5.41) is 33.0. The zero-order chi connectivity index (χ0) is 17.9. The van der Waals surface area contributed by atoms with Crippen LogP contribution in [0.3, 0.4) is 0 Å². The Morgan fingerprint density at radius 1 is 1.12 bits per heavy atom. The van der Waals surface area contributed by atoms with Crippen LogP contribution in [0.1, 0.15) is 0 Å². The maximum absolute atomic E-state index is 10.9. The second-order valence-electron chi connectivity index (χ2n) is 4.46. The van der Waals surface area contributed by atoms with E-state index < -0.39 is 16.0 Å². The van der Waals surface area contributed by atoms with Gasteiger partial charge in [0.05, 0.1) is 21.6 Å². The van der Waals surface area contributed by atoms with Crippen molar-refractivity contribution in [1.29, 1.82) is 0 Å². The lowest BCUT2D eigenvalue weighted by Crippen LogP contribution is -2.06. The predicted octanol–water partition coefficient (Wildman–Crippen LogP) is 2.89. The van der Waals surface area contributed by atoms with E-state index in [-0.39, 0.29) is 34.2 Å². The van der Waals surface area contributed by atoms with E-state index in [1.54, 1.807) is 0 Å². The number of benzene rings is 2. The van der Waals surface area contributed by atoms with Gasteiger partial charge in [-0.2, -0.15) is 0 Å². The molecule has 11 nitrogen and oxygen atoms in total. The van der Waals surface area contributed by atoms with E-state index in [2.05, 4.69) is 10.1 Å². The number of non-ortho nitro benzene ring substituents is 1. The van der Waals surface area contributed by atoms with Crippen molar-refractivity contribution in [1.82, 2.24) is 0 Å². The molecule has 4 N–H and O–H groups in total. The van der Waals surface area contributed by atoms with Gasteiger partial charge in [0.25, 0.3) is 11.4 Å². The van der Waals surface area contributed by atoms with Crippen molar-refractivity contribution in [2.45, 2.75) is 0 Å². The first kappa shape index (κ1) is 16.5. The topological polar surface area (TPSA) is 171 Å². The van der Waals surface area contributed by atoms with Gasteiger partial charge in [0, 0.05) is 17.8 Å². The summed E-state index contributed by atoms with van der Waals surface area (Å²) in [6.45, 7) is 0. The Bertz CT molecular complexity index is 837. The molecule has 0 saturated carbocycles. The SMILES string of the molecule is Nc1ccc(Nc2ccc([N+](=O)[O-])cc2OC(=O)O)cc1[N+](=O)[O-]. The van der Waals surface area contributed by atoms with Crippen molar-refractivity contribution < 1.29 is 24.5 Å². The van der Waals surface area contributed by atoms with Crippen molar-refractivity contribution in [3.63, 3.8) is 0 Å². The van der Waals surface area contributed by atoms with Gasteiger partial charge in [-0.3, -0.25) is 20.2 Å². The van der Waals surface area contributed by atoms with Gasteiger partial charge in [0.15, 0.2) is 5.75 Å². The van der Waals surface area contributed by atoms with Gasteiger partial charge >= 0.3 is 6.16 Å². The standard InChI is InChI=1S/C13H10N4O7/c14-9-3-1-7(5-11(9)17(22)23)15-10-4-2-8(16(20)21)6-12(10)24-13(18)19/h1-6,15H,14H2,(H,18,19). The second kappa shape index (κ2) is 6.48. The number of carboxylic acid groups (broad SMARTS) is 1. The first-order chi connectivity index (χ1) is 11.3. The fraction of sp³-hybridized carbons (Fsp3) is 0. The zero-order valence-electron chi connectivity index (χ0n) is 11.8. The minimum Gasteiger partial charge on any atom is -0.449 e. The molecule has 124 valence electrons. The molecule has 0 spiro atoms. The maximum Gasteiger partial charge on any atom is 0.511 e. The number of nitrogen functional groups attached to an aromatic ring is 1. The molecule has 2 aromatic carbocycles. The normalized spacial score (nSPS) is 10.0. The van der Waals surface area contributed by atoms with E-state index in [1.807, 2.05) is 0 Å². The second-order valence-corrected chi connectivity index (χ2v) is 4.46. The number of rotatable bonds is 5. The average molecular weight is 334 g/mol. The number of ether oxygens (including phenoxy) is 1. The molecule has 0 aliphatic heterocycles. The fourth-order valence-electron chi connectivity index (χ4n) is 1.84. The van der Waals surface area contributed by atoms with Crippen molar-refractivity contribution >= 4 is 34.6 Å². The van der Waals surface area contributed by atoms with Crippen molar-refractivity contribution in [2.24, 2.45) is 0 Å². The highest BCUT2D eigenvalue weighted by molar-refractivity contribution is 5.75. The van der Waals surface area contributed by atoms with Crippen molar-refractivity contribution in [2.75, 3.05) is 11.1 Å². The summed E-state index contributed by atoms with van der Waals surface area (Å²) >= 11 is 0. The minimum absolute atomic E-state index is 0.0451. The third kappa shape index (κ3) is 3.65. The van der Waals surface area contributed by atoms with Crippen LogP contribution in [0.4, 0.5) is 33.2 Å². The van der Waals surface area contributed by atoms with Gasteiger partial charge in [0.1, 0.15) is 5.69 Å². The lowest BCUT2D eigenvalue weighted by atomic mass is 10.2. The Morgan fingerprint density at radius 2 is 1.83 bits per heavy atom. The highest BCUT2D eigenvalue weighted by atomic mass is 16.7. The van der Waals surface area contributed by atoms with Gasteiger partial charge in [-0.05, 0) is 18.2 Å². The molecule has 2 aromatic rings. The minimum atomic E-state index is -1.66. The number of nitrogens with zero attached hydrogens (tertiary/aromatic N) is 2. The summed E-state index contributed by atoms with van der Waals surface area (Å²) < 4.78 is 4.50. The molecule has 0 amide bonds. The summed E-state index contributed by atoms with van der Waals surface area (Å²) in [5.41, 5.74) is 5.01. The monoisotopic (exact) mass is 334 g/mol. The molecule has 0 bridgehead atoms. The Morgan fingerprint density at radius 3 is 2.42 bits per heavy atom. The van der Waals surface area contributed by atoms with Crippen LogP contribution in [-0.2, 0) is 0 Å². The summed E-state index contributed by atoms with van der Waals surface area (Å²) in [6, 6.07) is 7.13. The smallest absolute Gasteiger partial charge is 0.449 e. The van der Waals surface area contributed by atoms with Crippen LogP contribution in [0, 0.1) is 20.2 Å².